The van der Waals surface area contributed by atoms with Gasteiger partial charge in [-0.3, -0.25) is 9.80 Å². The van der Waals surface area contributed by atoms with Gasteiger partial charge in [0.2, 0.25) is 0 Å². The highest BCUT2D eigenvalue weighted by Crippen LogP contribution is 2.22. The van der Waals surface area contributed by atoms with Crippen molar-refractivity contribution in [2.45, 2.75) is 83.7 Å². The van der Waals surface area contributed by atoms with Crippen molar-refractivity contribution in [1.29, 1.82) is 0 Å². The second-order valence-electron chi connectivity index (χ2n) is 7.05. The van der Waals surface area contributed by atoms with Crippen molar-refractivity contribution in [3.63, 3.8) is 0 Å². The van der Waals surface area contributed by atoms with E-state index in [1.54, 1.807) is 0 Å². The third-order valence-corrected chi connectivity index (χ3v) is 5.40. The molecule has 0 aromatic carbocycles. The molecule has 21 heavy (non-hydrogen) atoms. The molecule has 1 N–H and O–H groups in total. The molecule has 0 spiro atoms. The van der Waals surface area contributed by atoms with Crippen LogP contribution in [0.2, 0.25) is 0 Å². The van der Waals surface area contributed by atoms with Crippen molar-refractivity contribution < 1.29 is 0 Å². The lowest BCUT2D eigenvalue weighted by Crippen LogP contribution is -2.60. The standard InChI is InChI=1S/C18H37N3/c1-3-5-7-9-17(10-8-6-4-2)20-13-14-21-16-19-12-11-18(21)15-20/h17-19H,3-16H2,1-2H3. The fraction of sp³-hybridized carbons (Fsp3) is 1.00. The molecular formula is C18H37N3. The molecule has 2 aliphatic heterocycles. The normalized spacial score (nSPS) is 24.4. The summed E-state index contributed by atoms with van der Waals surface area (Å²) in [5.41, 5.74) is 0. The molecule has 0 aromatic heterocycles. The first-order valence-corrected chi connectivity index (χ1v) is 9.54. The molecule has 2 aliphatic rings. The molecule has 3 heteroatoms. The van der Waals surface area contributed by atoms with Gasteiger partial charge < -0.3 is 5.32 Å². The van der Waals surface area contributed by atoms with Crippen molar-refractivity contribution >= 4 is 0 Å². The zero-order chi connectivity index (χ0) is 14.9. The van der Waals surface area contributed by atoms with Crippen molar-refractivity contribution in [2.24, 2.45) is 0 Å². The smallest absolute Gasteiger partial charge is 0.0484 e. The van der Waals surface area contributed by atoms with Crippen LogP contribution in [0.1, 0.15) is 71.6 Å². The summed E-state index contributed by atoms with van der Waals surface area (Å²) in [7, 11) is 0. The molecule has 0 bridgehead atoms. The molecule has 2 rings (SSSR count). The third-order valence-electron chi connectivity index (χ3n) is 5.40. The zero-order valence-corrected chi connectivity index (χ0v) is 14.4. The van der Waals surface area contributed by atoms with E-state index in [1.807, 2.05) is 0 Å². The van der Waals surface area contributed by atoms with E-state index in [0.29, 0.717) is 0 Å². The Bertz CT molecular complexity index is 259. The van der Waals surface area contributed by atoms with Gasteiger partial charge >= 0.3 is 0 Å². The van der Waals surface area contributed by atoms with E-state index in [2.05, 4.69) is 29.0 Å². The van der Waals surface area contributed by atoms with Crippen LogP contribution < -0.4 is 5.32 Å². The molecule has 0 radical (unpaired) electrons. The molecule has 2 heterocycles. The maximum Gasteiger partial charge on any atom is 0.0484 e. The van der Waals surface area contributed by atoms with Gasteiger partial charge in [-0.2, -0.15) is 0 Å². The minimum absolute atomic E-state index is 0.819. The van der Waals surface area contributed by atoms with Gasteiger partial charge in [-0.25, -0.2) is 0 Å². The summed E-state index contributed by atoms with van der Waals surface area (Å²) in [6, 6.07) is 1.68. The Balaban J connectivity index is 1.82. The summed E-state index contributed by atoms with van der Waals surface area (Å²) in [6.07, 6.45) is 12.6. The lowest BCUT2D eigenvalue weighted by Gasteiger charge is -2.47. The van der Waals surface area contributed by atoms with Crippen molar-refractivity contribution in [3.05, 3.63) is 0 Å². The highest BCUT2D eigenvalue weighted by Gasteiger charge is 2.31. The highest BCUT2D eigenvalue weighted by molar-refractivity contribution is 4.88. The summed E-state index contributed by atoms with van der Waals surface area (Å²) in [6.45, 7) is 10.9. The molecular weight excluding hydrogens is 258 g/mol. The lowest BCUT2D eigenvalue weighted by molar-refractivity contribution is 0.0186. The van der Waals surface area contributed by atoms with E-state index in [4.69, 9.17) is 0 Å². The fourth-order valence-corrected chi connectivity index (χ4v) is 3.99. The number of fused-ring (bicyclic) bond motifs is 1. The number of hydrogen-bond acceptors (Lipinski definition) is 3. The van der Waals surface area contributed by atoms with Crippen molar-refractivity contribution in [2.75, 3.05) is 32.8 Å². The van der Waals surface area contributed by atoms with Gasteiger partial charge in [0, 0.05) is 38.4 Å². The second-order valence-corrected chi connectivity index (χ2v) is 7.05. The van der Waals surface area contributed by atoms with Crippen LogP contribution in [0.5, 0.6) is 0 Å². The largest absolute Gasteiger partial charge is 0.304 e. The number of hydrogen-bond donors (Lipinski definition) is 1. The number of nitrogens with zero attached hydrogens (tertiary/aromatic N) is 2. The molecule has 2 fully saturated rings. The summed E-state index contributed by atoms with van der Waals surface area (Å²) in [5.74, 6) is 0. The first-order valence-electron chi connectivity index (χ1n) is 9.54. The minimum atomic E-state index is 0.819. The van der Waals surface area contributed by atoms with Gasteiger partial charge in [0.1, 0.15) is 0 Å². The van der Waals surface area contributed by atoms with E-state index in [1.165, 1.54) is 84.0 Å². The van der Waals surface area contributed by atoms with Crippen LogP contribution in [-0.2, 0) is 0 Å². The summed E-state index contributed by atoms with van der Waals surface area (Å²) in [5, 5.41) is 3.52. The average Bonchev–Trinajstić information content (AvgIpc) is 2.53. The van der Waals surface area contributed by atoms with Crippen LogP contribution >= 0.6 is 0 Å². The Morgan fingerprint density at radius 3 is 2.38 bits per heavy atom. The van der Waals surface area contributed by atoms with Gasteiger partial charge in [0.25, 0.3) is 0 Å². The Morgan fingerprint density at radius 1 is 1.00 bits per heavy atom. The van der Waals surface area contributed by atoms with Crippen LogP contribution in [0.3, 0.4) is 0 Å². The Labute approximate surface area is 132 Å². The molecule has 0 aliphatic carbocycles. The van der Waals surface area contributed by atoms with E-state index in [0.717, 1.165) is 18.8 Å². The Morgan fingerprint density at radius 2 is 1.71 bits per heavy atom. The number of piperazine rings is 1. The van der Waals surface area contributed by atoms with E-state index >= 15 is 0 Å². The van der Waals surface area contributed by atoms with Crippen molar-refractivity contribution in [1.82, 2.24) is 15.1 Å². The highest BCUT2D eigenvalue weighted by atomic mass is 15.3. The Kier molecular flexibility index (Phi) is 8.05. The predicted molar refractivity (Wildman–Crippen MR) is 91.6 cm³/mol. The van der Waals surface area contributed by atoms with Gasteiger partial charge in [-0.1, -0.05) is 52.4 Å². The first-order chi connectivity index (χ1) is 10.3. The first kappa shape index (κ1) is 17.2. The van der Waals surface area contributed by atoms with E-state index in [9.17, 15) is 0 Å². The predicted octanol–water partition coefficient (Wildman–Crippen LogP) is 3.45. The average molecular weight is 296 g/mol. The quantitative estimate of drug-likeness (QED) is 0.657. The molecule has 0 amide bonds. The van der Waals surface area contributed by atoms with E-state index < -0.39 is 0 Å². The maximum atomic E-state index is 3.52. The van der Waals surface area contributed by atoms with Crippen LogP contribution in [0.15, 0.2) is 0 Å². The minimum Gasteiger partial charge on any atom is -0.304 e. The number of rotatable bonds is 9. The Hall–Kier alpha value is -0.120. The summed E-state index contributed by atoms with van der Waals surface area (Å²) >= 11 is 0. The maximum absolute atomic E-state index is 3.52. The lowest BCUT2D eigenvalue weighted by atomic mass is 9.97. The SMILES string of the molecule is CCCCCC(CCCCC)N1CCN2CNCCC2C1. The zero-order valence-electron chi connectivity index (χ0n) is 14.4. The fourth-order valence-electron chi connectivity index (χ4n) is 3.99. The molecule has 0 aromatic rings. The van der Waals surface area contributed by atoms with Gasteiger partial charge in [0.15, 0.2) is 0 Å². The molecule has 0 saturated carbocycles. The van der Waals surface area contributed by atoms with Gasteiger partial charge in [-0.15, -0.1) is 0 Å². The van der Waals surface area contributed by atoms with Gasteiger partial charge in [-0.05, 0) is 25.8 Å². The number of nitrogens with one attached hydrogen (secondary N) is 1. The molecule has 124 valence electrons. The third kappa shape index (κ3) is 5.54. The van der Waals surface area contributed by atoms with Crippen LogP contribution in [0.25, 0.3) is 0 Å². The monoisotopic (exact) mass is 295 g/mol. The molecule has 2 saturated heterocycles. The summed E-state index contributed by atoms with van der Waals surface area (Å²) in [4.78, 5) is 5.51. The molecule has 1 unspecified atom stereocenters. The topological polar surface area (TPSA) is 18.5 Å². The molecule has 3 nitrogen and oxygen atoms in total. The van der Waals surface area contributed by atoms with Crippen molar-refractivity contribution in [3.8, 4) is 0 Å². The van der Waals surface area contributed by atoms with Crippen LogP contribution in [0.4, 0.5) is 0 Å². The second kappa shape index (κ2) is 9.81. The van der Waals surface area contributed by atoms with E-state index in [-0.39, 0.29) is 0 Å². The number of unbranched alkanes of at least 4 members (excludes halogenated alkanes) is 4. The van der Waals surface area contributed by atoms with Gasteiger partial charge in [0.05, 0.1) is 0 Å². The van der Waals surface area contributed by atoms with Crippen LogP contribution in [-0.4, -0.2) is 54.7 Å². The van der Waals surface area contributed by atoms with Crippen LogP contribution in [0, 0.1) is 0 Å². The molecule has 1 atom stereocenters. The summed E-state index contributed by atoms with van der Waals surface area (Å²) < 4.78 is 0.